The van der Waals surface area contributed by atoms with Crippen LogP contribution in [0, 0.1) is 12.7 Å². The smallest absolute Gasteiger partial charge is 0.223 e. The molecule has 3 aromatic rings. The third-order valence-corrected chi connectivity index (χ3v) is 5.72. The predicted octanol–water partition coefficient (Wildman–Crippen LogP) is 5.35. The zero-order valence-corrected chi connectivity index (χ0v) is 17.7. The maximum absolute atomic E-state index is 13.4. The van der Waals surface area contributed by atoms with Gasteiger partial charge in [0.15, 0.2) is 0 Å². The number of anilines is 2. The van der Waals surface area contributed by atoms with Crippen molar-refractivity contribution in [2.24, 2.45) is 0 Å². The van der Waals surface area contributed by atoms with Crippen LogP contribution in [0.5, 0.6) is 0 Å². The van der Waals surface area contributed by atoms with Crippen LogP contribution in [0.2, 0.25) is 0 Å². The van der Waals surface area contributed by atoms with Gasteiger partial charge < -0.3 is 10.2 Å². The van der Waals surface area contributed by atoms with Gasteiger partial charge in [-0.1, -0.05) is 18.2 Å². The van der Waals surface area contributed by atoms with Crippen LogP contribution in [0.3, 0.4) is 0 Å². The molecular formula is C25H27FN4O. The van der Waals surface area contributed by atoms with E-state index in [0.717, 1.165) is 55.0 Å². The molecule has 0 spiro atoms. The van der Waals surface area contributed by atoms with Crippen molar-refractivity contribution in [3.63, 3.8) is 0 Å². The molecule has 31 heavy (non-hydrogen) atoms. The van der Waals surface area contributed by atoms with E-state index in [1.807, 2.05) is 41.3 Å². The highest BCUT2D eigenvalue weighted by atomic mass is 19.1. The van der Waals surface area contributed by atoms with E-state index in [0.29, 0.717) is 12.0 Å². The van der Waals surface area contributed by atoms with Crippen LogP contribution in [0.25, 0.3) is 0 Å². The number of carbonyl (C=O) groups is 1. The van der Waals surface area contributed by atoms with Gasteiger partial charge in [0.1, 0.15) is 11.6 Å². The van der Waals surface area contributed by atoms with Crippen molar-refractivity contribution in [2.75, 3.05) is 11.9 Å². The van der Waals surface area contributed by atoms with Gasteiger partial charge in [-0.15, -0.1) is 0 Å². The molecule has 0 radical (unpaired) electrons. The number of likely N-dealkylation sites (tertiary alicyclic amines) is 1. The molecule has 3 heterocycles. The average Bonchev–Trinajstić information content (AvgIpc) is 3.27. The summed E-state index contributed by atoms with van der Waals surface area (Å²) in [5, 5.41) is 3.23. The molecule has 2 aromatic heterocycles. The number of carbonyl (C=O) groups excluding carboxylic acids is 1. The first-order chi connectivity index (χ1) is 15.1. The van der Waals surface area contributed by atoms with Crippen LogP contribution in [0.15, 0.2) is 60.9 Å². The molecule has 1 atom stereocenters. The zero-order valence-electron chi connectivity index (χ0n) is 17.7. The molecule has 1 aliphatic rings. The number of hydrogen-bond donors (Lipinski definition) is 1. The van der Waals surface area contributed by atoms with Crippen LogP contribution in [-0.2, 0) is 11.2 Å². The number of amides is 1. The van der Waals surface area contributed by atoms with Gasteiger partial charge >= 0.3 is 0 Å². The topological polar surface area (TPSA) is 58.1 Å². The molecule has 1 saturated heterocycles. The molecule has 1 fully saturated rings. The monoisotopic (exact) mass is 418 g/mol. The molecule has 0 unspecified atom stereocenters. The Morgan fingerprint density at radius 3 is 2.84 bits per heavy atom. The van der Waals surface area contributed by atoms with Crippen LogP contribution in [-0.4, -0.2) is 27.3 Å². The van der Waals surface area contributed by atoms with E-state index in [9.17, 15) is 9.18 Å². The molecule has 5 nitrogen and oxygen atoms in total. The minimum absolute atomic E-state index is 0.0319. The minimum atomic E-state index is -0.187. The first-order valence-electron chi connectivity index (χ1n) is 10.8. The Bertz CT molecular complexity index is 1020. The quantitative estimate of drug-likeness (QED) is 0.562. The maximum atomic E-state index is 13.4. The summed E-state index contributed by atoms with van der Waals surface area (Å²) in [7, 11) is 0. The van der Waals surface area contributed by atoms with Crippen LogP contribution < -0.4 is 5.32 Å². The van der Waals surface area contributed by atoms with E-state index in [1.165, 1.54) is 6.07 Å². The number of pyridine rings is 2. The fraction of sp³-hybridized carbons (Fsp3) is 0.320. The van der Waals surface area contributed by atoms with E-state index < -0.39 is 0 Å². The summed E-state index contributed by atoms with van der Waals surface area (Å²) in [6, 6.07) is 14.9. The number of nitrogens with one attached hydrogen (secondary N) is 1. The normalized spacial score (nSPS) is 15.8. The summed E-state index contributed by atoms with van der Waals surface area (Å²) in [6.07, 6.45) is 7.48. The molecule has 0 bridgehead atoms. The van der Waals surface area contributed by atoms with Crippen molar-refractivity contribution in [2.45, 2.75) is 45.1 Å². The van der Waals surface area contributed by atoms with Gasteiger partial charge in [0.2, 0.25) is 5.91 Å². The number of aryl methyl sites for hydroxylation is 2. The fourth-order valence-corrected chi connectivity index (χ4v) is 4.08. The number of hydrogen-bond acceptors (Lipinski definition) is 4. The molecule has 0 aliphatic carbocycles. The number of nitrogens with zero attached hydrogens (tertiary/aromatic N) is 3. The van der Waals surface area contributed by atoms with Crippen molar-refractivity contribution >= 4 is 17.4 Å². The molecule has 1 aliphatic heterocycles. The van der Waals surface area contributed by atoms with Crippen molar-refractivity contribution in [1.29, 1.82) is 0 Å². The summed E-state index contributed by atoms with van der Waals surface area (Å²) >= 11 is 0. The van der Waals surface area contributed by atoms with Crippen LogP contribution in [0.4, 0.5) is 15.9 Å². The number of halogens is 1. The predicted molar refractivity (Wildman–Crippen MR) is 120 cm³/mol. The SMILES string of the molecule is Cc1cc(CCCC(=O)N2CCC[C@H]2c2ccc(Nc3ccccn3)cn2)ccc1F. The largest absolute Gasteiger partial charge is 0.339 e. The van der Waals surface area contributed by atoms with E-state index >= 15 is 0 Å². The minimum Gasteiger partial charge on any atom is -0.339 e. The second kappa shape index (κ2) is 9.69. The molecule has 1 amide bonds. The molecule has 6 heteroatoms. The average molecular weight is 419 g/mol. The Hall–Kier alpha value is -3.28. The Kier molecular flexibility index (Phi) is 6.55. The van der Waals surface area contributed by atoms with Gasteiger partial charge in [0, 0.05) is 19.2 Å². The third kappa shape index (κ3) is 5.26. The van der Waals surface area contributed by atoms with E-state index in [1.54, 1.807) is 25.4 Å². The van der Waals surface area contributed by atoms with Crippen molar-refractivity contribution < 1.29 is 9.18 Å². The lowest BCUT2D eigenvalue weighted by atomic mass is 10.0. The molecule has 1 aromatic carbocycles. The summed E-state index contributed by atoms with van der Waals surface area (Å²) in [5.41, 5.74) is 3.51. The molecule has 1 N–H and O–H groups in total. The van der Waals surface area contributed by atoms with E-state index in [4.69, 9.17) is 0 Å². The lowest BCUT2D eigenvalue weighted by Crippen LogP contribution is -2.30. The van der Waals surface area contributed by atoms with Gasteiger partial charge in [0.25, 0.3) is 0 Å². The maximum Gasteiger partial charge on any atom is 0.223 e. The van der Waals surface area contributed by atoms with E-state index in [-0.39, 0.29) is 17.8 Å². The second-order valence-corrected chi connectivity index (χ2v) is 7.99. The van der Waals surface area contributed by atoms with Crippen molar-refractivity contribution in [1.82, 2.24) is 14.9 Å². The Morgan fingerprint density at radius 1 is 1.19 bits per heavy atom. The summed E-state index contributed by atoms with van der Waals surface area (Å²) in [5.74, 6) is 0.748. The second-order valence-electron chi connectivity index (χ2n) is 7.99. The highest BCUT2D eigenvalue weighted by molar-refractivity contribution is 5.77. The van der Waals surface area contributed by atoms with Crippen molar-refractivity contribution in [3.8, 4) is 0 Å². The van der Waals surface area contributed by atoms with Gasteiger partial charge in [-0.3, -0.25) is 9.78 Å². The summed E-state index contributed by atoms with van der Waals surface area (Å²) in [4.78, 5) is 23.7. The lowest BCUT2D eigenvalue weighted by Gasteiger charge is -2.24. The lowest BCUT2D eigenvalue weighted by molar-refractivity contribution is -0.132. The summed E-state index contributed by atoms with van der Waals surface area (Å²) < 4.78 is 13.4. The Balaban J connectivity index is 1.33. The van der Waals surface area contributed by atoms with Gasteiger partial charge in [0.05, 0.1) is 23.6 Å². The van der Waals surface area contributed by atoms with Crippen LogP contribution in [0.1, 0.15) is 48.5 Å². The first kappa shape index (κ1) is 21.0. The highest BCUT2D eigenvalue weighted by Gasteiger charge is 2.30. The van der Waals surface area contributed by atoms with Crippen molar-refractivity contribution in [3.05, 3.63) is 83.6 Å². The zero-order chi connectivity index (χ0) is 21.6. The molecule has 160 valence electrons. The highest BCUT2D eigenvalue weighted by Crippen LogP contribution is 2.32. The van der Waals surface area contributed by atoms with E-state index in [2.05, 4.69) is 15.3 Å². The standard InChI is InChI=1S/C25H27FN4O/c1-18-16-19(10-12-21(18)26)6-4-9-25(31)30-15-5-7-23(30)22-13-11-20(17-28-22)29-24-8-2-3-14-27-24/h2-3,8,10-14,16-17,23H,4-7,9,15H2,1H3,(H,27,29)/t23-/m0/s1. The number of rotatable bonds is 7. The summed E-state index contributed by atoms with van der Waals surface area (Å²) in [6.45, 7) is 2.54. The van der Waals surface area contributed by atoms with Gasteiger partial charge in [-0.05, 0) is 74.1 Å². The van der Waals surface area contributed by atoms with Gasteiger partial charge in [-0.25, -0.2) is 9.37 Å². The Labute approximate surface area is 182 Å². The first-order valence-corrected chi connectivity index (χ1v) is 10.8. The molecular weight excluding hydrogens is 391 g/mol. The molecule has 0 saturated carbocycles. The number of benzene rings is 1. The van der Waals surface area contributed by atoms with Crippen LogP contribution >= 0.6 is 0 Å². The number of aromatic nitrogens is 2. The fourth-order valence-electron chi connectivity index (χ4n) is 4.08. The third-order valence-electron chi connectivity index (χ3n) is 5.72. The Morgan fingerprint density at radius 2 is 2.10 bits per heavy atom. The van der Waals surface area contributed by atoms with Gasteiger partial charge in [-0.2, -0.15) is 0 Å². The molecule has 4 rings (SSSR count).